The van der Waals surface area contributed by atoms with E-state index in [2.05, 4.69) is 5.16 Å². The van der Waals surface area contributed by atoms with Crippen LogP contribution in [0.1, 0.15) is 46.9 Å². The Balaban J connectivity index is 1.61. The fraction of sp³-hybridized carbons (Fsp3) is 0.389. The van der Waals surface area contributed by atoms with E-state index in [-0.39, 0.29) is 17.4 Å². The number of carbonyl (C=O) groups is 2. The van der Waals surface area contributed by atoms with Crippen molar-refractivity contribution in [2.75, 3.05) is 13.1 Å². The average Bonchev–Trinajstić information content (AvgIpc) is 3.05. The number of carbonyl (C=O) groups excluding carboxylic acids is 1. The summed E-state index contributed by atoms with van der Waals surface area (Å²) < 4.78 is 5.02. The van der Waals surface area contributed by atoms with Gasteiger partial charge in [0.05, 0.1) is 5.56 Å². The maximum absolute atomic E-state index is 12.5. The third-order valence-electron chi connectivity index (χ3n) is 4.49. The average molecular weight is 363 g/mol. The van der Waals surface area contributed by atoms with E-state index in [1.807, 2.05) is 11.0 Å². The van der Waals surface area contributed by atoms with Gasteiger partial charge in [0.1, 0.15) is 5.76 Å². The molecule has 2 aromatic rings. The van der Waals surface area contributed by atoms with Crippen molar-refractivity contribution in [3.05, 3.63) is 52.4 Å². The van der Waals surface area contributed by atoms with E-state index in [0.29, 0.717) is 30.3 Å². The number of aromatic carboxylic acids is 1. The first-order valence-corrected chi connectivity index (χ1v) is 8.63. The maximum Gasteiger partial charge on any atom is 0.335 e. The number of aromatic nitrogens is 1. The van der Waals surface area contributed by atoms with Crippen LogP contribution in [0.15, 0.2) is 34.9 Å². The topological polar surface area (TPSA) is 83.6 Å². The SMILES string of the molecule is O=C(O)c1cccc([C@@H]2CCCN(C(=O)CCc3cc(Cl)no3)C2)c1. The van der Waals surface area contributed by atoms with Gasteiger partial charge in [-0.05, 0) is 30.5 Å². The number of aryl methyl sites for hydroxylation is 1. The quantitative estimate of drug-likeness (QED) is 0.881. The molecule has 1 aromatic carbocycles. The Morgan fingerprint density at radius 1 is 1.36 bits per heavy atom. The van der Waals surface area contributed by atoms with Gasteiger partial charge < -0.3 is 14.5 Å². The monoisotopic (exact) mass is 362 g/mol. The van der Waals surface area contributed by atoms with Crippen LogP contribution in [-0.4, -0.2) is 40.1 Å². The highest BCUT2D eigenvalue weighted by Gasteiger charge is 2.25. The lowest BCUT2D eigenvalue weighted by atomic mass is 9.89. The van der Waals surface area contributed by atoms with Crippen molar-refractivity contribution in [3.8, 4) is 0 Å². The van der Waals surface area contributed by atoms with Crippen molar-refractivity contribution in [2.45, 2.75) is 31.6 Å². The molecule has 1 amide bonds. The molecule has 0 bridgehead atoms. The van der Waals surface area contributed by atoms with Crippen molar-refractivity contribution in [1.29, 1.82) is 0 Å². The Morgan fingerprint density at radius 2 is 2.20 bits per heavy atom. The molecule has 1 atom stereocenters. The summed E-state index contributed by atoms with van der Waals surface area (Å²) in [5, 5.41) is 13.0. The van der Waals surface area contributed by atoms with Gasteiger partial charge >= 0.3 is 5.97 Å². The largest absolute Gasteiger partial charge is 0.478 e. The van der Waals surface area contributed by atoms with E-state index in [0.717, 1.165) is 24.9 Å². The first-order chi connectivity index (χ1) is 12.0. The van der Waals surface area contributed by atoms with Crippen molar-refractivity contribution in [3.63, 3.8) is 0 Å². The van der Waals surface area contributed by atoms with Gasteiger partial charge in [-0.1, -0.05) is 28.9 Å². The number of benzene rings is 1. The second kappa shape index (κ2) is 7.70. The molecule has 132 valence electrons. The number of hydrogen-bond donors (Lipinski definition) is 1. The number of rotatable bonds is 5. The second-order valence-corrected chi connectivity index (χ2v) is 6.61. The number of carboxylic acids is 1. The van der Waals surface area contributed by atoms with Crippen LogP contribution in [-0.2, 0) is 11.2 Å². The van der Waals surface area contributed by atoms with Crippen LogP contribution in [0.25, 0.3) is 0 Å². The van der Waals surface area contributed by atoms with Gasteiger partial charge in [0.25, 0.3) is 0 Å². The van der Waals surface area contributed by atoms with Crippen molar-refractivity contribution >= 4 is 23.5 Å². The fourth-order valence-corrected chi connectivity index (χ4v) is 3.35. The number of likely N-dealkylation sites (tertiary alicyclic amines) is 1. The molecule has 25 heavy (non-hydrogen) atoms. The fourth-order valence-electron chi connectivity index (χ4n) is 3.20. The van der Waals surface area contributed by atoms with Crippen LogP contribution in [0.3, 0.4) is 0 Å². The molecule has 0 unspecified atom stereocenters. The molecule has 0 saturated carbocycles. The van der Waals surface area contributed by atoms with E-state index in [1.54, 1.807) is 24.3 Å². The summed E-state index contributed by atoms with van der Waals surface area (Å²) in [6.07, 6.45) is 2.66. The van der Waals surface area contributed by atoms with Gasteiger partial charge in [-0.2, -0.15) is 0 Å². The molecule has 1 N–H and O–H groups in total. The summed E-state index contributed by atoms with van der Waals surface area (Å²) in [4.78, 5) is 25.5. The Hall–Kier alpha value is -2.34. The predicted octanol–water partition coefficient (Wildman–Crippen LogP) is 3.37. The van der Waals surface area contributed by atoms with Gasteiger partial charge in [-0.3, -0.25) is 4.79 Å². The molecular formula is C18H19ClN2O4. The molecule has 6 nitrogen and oxygen atoms in total. The Kier molecular flexibility index (Phi) is 5.38. The minimum atomic E-state index is -0.934. The Morgan fingerprint density at radius 3 is 2.92 bits per heavy atom. The number of carboxylic acid groups (broad SMARTS) is 1. The molecule has 7 heteroatoms. The number of nitrogens with zero attached hydrogens (tertiary/aromatic N) is 2. The van der Waals surface area contributed by atoms with Crippen LogP contribution < -0.4 is 0 Å². The first-order valence-electron chi connectivity index (χ1n) is 8.25. The minimum absolute atomic E-state index is 0.0617. The van der Waals surface area contributed by atoms with Crippen LogP contribution >= 0.6 is 11.6 Å². The molecule has 3 rings (SSSR count). The zero-order chi connectivity index (χ0) is 17.8. The van der Waals surface area contributed by atoms with E-state index in [9.17, 15) is 9.59 Å². The Bertz CT molecular complexity index is 774. The lowest BCUT2D eigenvalue weighted by Gasteiger charge is -2.33. The van der Waals surface area contributed by atoms with Gasteiger partial charge in [0.15, 0.2) is 5.15 Å². The van der Waals surface area contributed by atoms with Crippen LogP contribution in [0.2, 0.25) is 5.15 Å². The van der Waals surface area contributed by atoms with Crippen molar-refractivity contribution in [2.24, 2.45) is 0 Å². The van der Waals surface area contributed by atoms with E-state index in [1.165, 1.54) is 0 Å². The minimum Gasteiger partial charge on any atom is -0.478 e. The lowest BCUT2D eigenvalue weighted by Crippen LogP contribution is -2.39. The normalized spacial score (nSPS) is 17.5. The van der Waals surface area contributed by atoms with Crippen LogP contribution in [0.5, 0.6) is 0 Å². The highest BCUT2D eigenvalue weighted by atomic mass is 35.5. The number of hydrogen-bond acceptors (Lipinski definition) is 4. The molecule has 1 aromatic heterocycles. The molecule has 1 aliphatic heterocycles. The second-order valence-electron chi connectivity index (χ2n) is 6.23. The third-order valence-corrected chi connectivity index (χ3v) is 4.67. The summed E-state index contributed by atoms with van der Waals surface area (Å²) in [6.45, 7) is 1.34. The van der Waals surface area contributed by atoms with Crippen molar-refractivity contribution < 1.29 is 19.2 Å². The standard InChI is InChI=1S/C18H19ClN2O4/c19-16-10-15(25-20-16)6-7-17(22)21-8-2-5-14(11-21)12-3-1-4-13(9-12)18(23)24/h1,3-4,9-10,14H,2,5-8,11H2,(H,23,24)/t14-/m1/s1. The van der Waals surface area contributed by atoms with E-state index >= 15 is 0 Å². The predicted molar refractivity (Wildman–Crippen MR) is 91.8 cm³/mol. The van der Waals surface area contributed by atoms with Crippen molar-refractivity contribution in [1.82, 2.24) is 10.1 Å². The summed E-state index contributed by atoms with van der Waals surface area (Å²) in [6, 6.07) is 8.59. The van der Waals surface area contributed by atoms with Gasteiger partial charge in [0, 0.05) is 37.9 Å². The van der Waals surface area contributed by atoms with E-state index < -0.39 is 5.97 Å². The number of halogens is 1. The molecular weight excluding hydrogens is 344 g/mol. The molecule has 1 fully saturated rings. The molecule has 1 saturated heterocycles. The number of piperidine rings is 1. The molecule has 0 spiro atoms. The zero-order valence-electron chi connectivity index (χ0n) is 13.7. The highest BCUT2D eigenvalue weighted by Crippen LogP contribution is 2.28. The molecule has 0 radical (unpaired) electrons. The maximum atomic E-state index is 12.5. The number of amides is 1. The Labute approximate surface area is 150 Å². The summed E-state index contributed by atoms with van der Waals surface area (Å²) in [7, 11) is 0. The molecule has 1 aliphatic rings. The van der Waals surface area contributed by atoms with Gasteiger partial charge in [-0.15, -0.1) is 0 Å². The van der Waals surface area contributed by atoms with Crippen LogP contribution in [0.4, 0.5) is 0 Å². The van der Waals surface area contributed by atoms with Crippen LogP contribution in [0, 0.1) is 0 Å². The lowest BCUT2D eigenvalue weighted by molar-refractivity contribution is -0.132. The summed E-state index contributed by atoms with van der Waals surface area (Å²) in [5.74, 6) is -0.110. The first kappa shape index (κ1) is 17.5. The summed E-state index contributed by atoms with van der Waals surface area (Å²) >= 11 is 5.70. The van der Waals surface area contributed by atoms with Gasteiger partial charge in [-0.25, -0.2) is 4.79 Å². The smallest absolute Gasteiger partial charge is 0.335 e. The molecule has 0 aliphatic carbocycles. The van der Waals surface area contributed by atoms with Gasteiger partial charge in [0.2, 0.25) is 5.91 Å². The highest BCUT2D eigenvalue weighted by molar-refractivity contribution is 6.29. The summed E-state index contributed by atoms with van der Waals surface area (Å²) in [5.41, 5.74) is 1.25. The zero-order valence-corrected chi connectivity index (χ0v) is 14.4. The third kappa shape index (κ3) is 4.39. The molecule has 2 heterocycles. The van der Waals surface area contributed by atoms with E-state index in [4.69, 9.17) is 21.2 Å².